The van der Waals surface area contributed by atoms with Gasteiger partial charge in [-0.2, -0.15) is 0 Å². The van der Waals surface area contributed by atoms with Crippen LogP contribution >= 0.6 is 0 Å². The molecule has 70 heavy (non-hydrogen) atoms. The second-order valence-electron chi connectivity index (χ2n) is 18.5. The zero-order valence-corrected chi connectivity index (χ0v) is 38.5. The van der Waals surface area contributed by atoms with E-state index in [1.807, 2.05) is 0 Å². The van der Waals surface area contributed by atoms with Gasteiger partial charge in [0.05, 0.1) is 11.4 Å². The zero-order valence-electron chi connectivity index (χ0n) is 38.5. The Bertz CT molecular complexity index is 3850. The van der Waals surface area contributed by atoms with Crippen LogP contribution in [-0.2, 0) is 0 Å². The van der Waals surface area contributed by atoms with Crippen LogP contribution in [0.4, 0.5) is 28.4 Å². The molecule has 4 aliphatic rings. The fourth-order valence-electron chi connectivity index (χ4n) is 11.4. The smallest absolute Gasteiger partial charge is 0.136 e. The van der Waals surface area contributed by atoms with Crippen molar-refractivity contribution in [1.29, 1.82) is 0 Å². The number of anilines is 5. The monoisotopic (exact) mass is 898 g/mol. The maximum absolute atomic E-state index is 6.96. The Kier molecular flexibility index (Phi) is 9.44. The molecule has 0 atom stereocenters. The molecule has 10 aromatic rings. The first-order chi connectivity index (χ1) is 34.7. The molecule has 0 unspecified atom stereocenters. The van der Waals surface area contributed by atoms with Gasteiger partial charge in [0, 0.05) is 55.4 Å². The standard InChI is InChI=1S/C66H46N2O2/c1-5-17-45(18-6-1)67(46-19-7-2-8-20-46)59-37-35-49(51-25-13-15-27-53(51)59)43-29-31-55-57-33-34-58-56-32-30-44(42-64(56)70-62-40-39-61(65(57)66(58)62)69-63(55)41-43)50-36-38-60(54-28-16-14-26-52(50)54)68(47-21-9-3-10-22-47)48-23-11-4-12-24-48/h1-3,5-11,13-29,31,33-42H,4,12,30,32H2. The minimum absolute atomic E-state index is 0.857. The summed E-state index contributed by atoms with van der Waals surface area (Å²) in [6.07, 6.45) is 13.1. The van der Waals surface area contributed by atoms with Crippen molar-refractivity contribution in [2.24, 2.45) is 0 Å². The minimum atomic E-state index is 0.857. The van der Waals surface area contributed by atoms with Gasteiger partial charge in [-0.05, 0) is 155 Å². The fraction of sp³-hybridized carbons (Fsp3) is 0.0606. The fourth-order valence-corrected chi connectivity index (χ4v) is 11.4. The lowest BCUT2D eigenvalue weighted by Gasteiger charge is -2.31. The van der Waals surface area contributed by atoms with E-state index in [-0.39, 0.29) is 0 Å². The number of hydrogen-bond acceptors (Lipinski definition) is 4. The Morgan fingerprint density at radius 2 is 0.929 bits per heavy atom. The quantitative estimate of drug-likeness (QED) is 0.152. The lowest BCUT2D eigenvalue weighted by molar-refractivity contribution is 0.442. The van der Waals surface area contributed by atoms with E-state index in [9.17, 15) is 0 Å². The van der Waals surface area contributed by atoms with E-state index in [0.717, 1.165) is 98.9 Å². The van der Waals surface area contributed by atoms with Crippen molar-refractivity contribution in [3.63, 3.8) is 0 Å². The number of benzene rings is 10. The van der Waals surface area contributed by atoms with E-state index in [0.29, 0.717) is 0 Å². The van der Waals surface area contributed by atoms with Gasteiger partial charge in [-0.15, -0.1) is 0 Å². The van der Waals surface area contributed by atoms with Gasteiger partial charge < -0.3 is 19.3 Å². The van der Waals surface area contributed by atoms with Gasteiger partial charge in [-0.3, -0.25) is 0 Å². The minimum Gasteiger partial charge on any atom is -0.456 e. The molecule has 0 N–H and O–H groups in total. The Balaban J connectivity index is 0.820. The molecule has 0 amide bonds. The molecule has 0 fully saturated rings. The largest absolute Gasteiger partial charge is 0.456 e. The molecule has 2 aliphatic heterocycles. The van der Waals surface area contributed by atoms with Crippen molar-refractivity contribution in [1.82, 2.24) is 0 Å². The summed E-state index contributed by atoms with van der Waals surface area (Å²) in [4.78, 5) is 4.75. The van der Waals surface area contributed by atoms with Crippen LogP contribution in [0.25, 0.3) is 65.7 Å². The summed E-state index contributed by atoms with van der Waals surface area (Å²) >= 11 is 0. The van der Waals surface area contributed by atoms with E-state index in [2.05, 4.69) is 240 Å². The van der Waals surface area contributed by atoms with E-state index in [4.69, 9.17) is 9.47 Å². The Hall–Kier alpha value is -8.86. The highest BCUT2D eigenvalue weighted by Gasteiger charge is 2.31. The van der Waals surface area contributed by atoms with Crippen LogP contribution in [0.15, 0.2) is 242 Å². The van der Waals surface area contributed by atoms with Crippen molar-refractivity contribution in [3.8, 4) is 39.5 Å². The van der Waals surface area contributed by atoms with Crippen molar-refractivity contribution in [2.75, 3.05) is 9.80 Å². The number of para-hydroxylation sites is 3. The average Bonchev–Trinajstić information content (AvgIpc) is 3.43. The molecule has 4 nitrogen and oxygen atoms in total. The van der Waals surface area contributed by atoms with Gasteiger partial charge in [0.2, 0.25) is 0 Å². The first-order valence-electron chi connectivity index (χ1n) is 24.4. The molecule has 4 heteroatoms. The van der Waals surface area contributed by atoms with Crippen LogP contribution in [0.1, 0.15) is 36.8 Å². The van der Waals surface area contributed by atoms with Crippen molar-refractivity contribution >= 4 is 71.9 Å². The Morgan fingerprint density at radius 1 is 0.386 bits per heavy atom. The van der Waals surface area contributed by atoms with Gasteiger partial charge in [0.1, 0.15) is 23.0 Å². The van der Waals surface area contributed by atoms with Crippen LogP contribution in [-0.4, -0.2) is 0 Å². The number of allylic oxidation sites excluding steroid dienone is 6. The maximum atomic E-state index is 6.96. The molecule has 0 saturated heterocycles. The Labute approximate surface area is 407 Å². The summed E-state index contributed by atoms with van der Waals surface area (Å²) in [7, 11) is 0. The first-order valence-corrected chi connectivity index (χ1v) is 24.4. The molecule has 0 bridgehead atoms. The molecule has 0 radical (unpaired) electrons. The second kappa shape index (κ2) is 16.4. The number of rotatable bonds is 8. The van der Waals surface area contributed by atoms with Crippen molar-refractivity contribution in [3.05, 3.63) is 253 Å². The molecule has 0 spiro atoms. The SMILES string of the molecule is C1=CC(N(c2ccccc2)c2ccc(C3=CC4=C(CC3)c3ccc5c6c(ccc(c36)O4)Oc3cc(-c4ccc(N(c6ccccc6)c6ccccc6)c6ccccc46)ccc3-5)c3ccccc23)=CCC1. The molecular weight excluding hydrogens is 853 g/mol. The highest BCUT2D eigenvalue weighted by molar-refractivity contribution is 6.14. The van der Waals surface area contributed by atoms with Crippen LogP contribution in [0.3, 0.4) is 0 Å². The Morgan fingerprint density at radius 3 is 1.60 bits per heavy atom. The number of nitrogens with zero attached hydrogens (tertiary/aromatic N) is 2. The summed E-state index contributed by atoms with van der Waals surface area (Å²) in [5, 5.41) is 7.07. The zero-order chi connectivity index (χ0) is 46.1. The summed E-state index contributed by atoms with van der Waals surface area (Å²) in [6.45, 7) is 0. The van der Waals surface area contributed by atoms with Gasteiger partial charge in [0.15, 0.2) is 0 Å². The lowest BCUT2D eigenvalue weighted by Crippen LogP contribution is -2.16. The predicted octanol–water partition coefficient (Wildman–Crippen LogP) is 18.4. The van der Waals surface area contributed by atoms with Gasteiger partial charge in [0.25, 0.3) is 0 Å². The molecule has 0 saturated carbocycles. The normalized spacial score (nSPS) is 14.3. The summed E-state index contributed by atoms with van der Waals surface area (Å²) in [6, 6.07) is 74.2. The molecule has 2 aliphatic carbocycles. The van der Waals surface area contributed by atoms with Crippen molar-refractivity contribution in [2.45, 2.75) is 25.7 Å². The summed E-state index contributed by atoms with van der Waals surface area (Å²) < 4.78 is 13.9. The van der Waals surface area contributed by atoms with E-state index in [1.54, 1.807) is 0 Å². The molecule has 14 rings (SSSR count). The third-order valence-corrected chi connectivity index (χ3v) is 14.6. The second-order valence-corrected chi connectivity index (χ2v) is 18.5. The molecular formula is C66H46N2O2. The van der Waals surface area contributed by atoms with Crippen LogP contribution in [0, 0.1) is 0 Å². The van der Waals surface area contributed by atoms with Gasteiger partial charge in [-0.25, -0.2) is 0 Å². The molecule has 2 heterocycles. The molecule has 332 valence electrons. The highest BCUT2D eigenvalue weighted by Crippen LogP contribution is 2.55. The maximum Gasteiger partial charge on any atom is 0.136 e. The summed E-state index contributed by atoms with van der Waals surface area (Å²) in [5.41, 5.74) is 16.4. The van der Waals surface area contributed by atoms with Crippen molar-refractivity contribution < 1.29 is 9.47 Å². The molecule has 0 aromatic heterocycles. The third-order valence-electron chi connectivity index (χ3n) is 14.6. The topological polar surface area (TPSA) is 24.9 Å². The third kappa shape index (κ3) is 6.52. The average molecular weight is 899 g/mol. The summed E-state index contributed by atoms with van der Waals surface area (Å²) in [5.74, 6) is 3.52. The van der Waals surface area contributed by atoms with Crippen LogP contribution in [0.5, 0.6) is 17.2 Å². The number of fused-ring (bicyclic) bond motifs is 5. The number of hydrogen-bond donors (Lipinski definition) is 0. The van der Waals surface area contributed by atoms with Crippen LogP contribution < -0.4 is 19.3 Å². The van der Waals surface area contributed by atoms with Crippen LogP contribution in [0.2, 0.25) is 0 Å². The first kappa shape index (κ1) is 40.2. The van der Waals surface area contributed by atoms with E-state index >= 15 is 0 Å². The molecule has 10 aromatic carbocycles. The lowest BCUT2D eigenvalue weighted by atomic mass is 9.82. The van der Waals surface area contributed by atoms with E-state index in [1.165, 1.54) is 60.8 Å². The van der Waals surface area contributed by atoms with Gasteiger partial charge in [-0.1, -0.05) is 146 Å². The van der Waals surface area contributed by atoms with Gasteiger partial charge >= 0.3 is 0 Å². The predicted molar refractivity (Wildman–Crippen MR) is 291 cm³/mol. The van der Waals surface area contributed by atoms with E-state index < -0.39 is 0 Å². The number of ether oxygens (including phenoxy) is 2. The highest BCUT2D eigenvalue weighted by atomic mass is 16.5.